The molecule has 0 aliphatic heterocycles. The Morgan fingerprint density at radius 3 is 2.55 bits per heavy atom. The number of esters is 1. The molecule has 0 unspecified atom stereocenters. The van der Waals surface area contributed by atoms with Crippen LogP contribution in [0.1, 0.15) is 21.5 Å². The van der Waals surface area contributed by atoms with Crippen LogP contribution >= 0.6 is 35.0 Å². The number of carbonyl (C=O) groups excluding carboxylic acids is 1. The van der Waals surface area contributed by atoms with Gasteiger partial charge >= 0.3 is 5.97 Å². The molecule has 1 heterocycles. The fraction of sp³-hybridized carbons (Fsp3) is 0.143. The summed E-state index contributed by atoms with van der Waals surface area (Å²) >= 11 is 13.5. The highest BCUT2D eigenvalue weighted by Gasteiger charge is 2.19. The van der Waals surface area contributed by atoms with Gasteiger partial charge in [-0.15, -0.1) is 11.8 Å². The van der Waals surface area contributed by atoms with Crippen LogP contribution < -0.4 is 4.72 Å². The van der Waals surface area contributed by atoms with Crippen LogP contribution in [0.3, 0.4) is 0 Å². The van der Waals surface area contributed by atoms with Crippen molar-refractivity contribution in [2.75, 3.05) is 11.8 Å². The maximum absolute atomic E-state index is 12.7. The summed E-state index contributed by atoms with van der Waals surface area (Å²) in [4.78, 5) is 16.1. The topological polar surface area (TPSA) is 85.4 Å². The number of thioether (sulfide) groups is 1. The van der Waals surface area contributed by atoms with Gasteiger partial charge in [-0.1, -0.05) is 35.3 Å². The predicted octanol–water partition coefficient (Wildman–Crippen LogP) is 5.58. The first-order valence-corrected chi connectivity index (χ1v) is 12.2. The molecule has 1 aromatic heterocycles. The van der Waals surface area contributed by atoms with Gasteiger partial charge in [0.1, 0.15) is 0 Å². The van der Waals surface area contributed by atoms with Crippen LogP contribution in [0.5, 0.6) is 0 Å². The Morgan fingerprint density at radius 1 is 1.13 bits per heavy atom. The third-order valence-electron chi connectivity index (χ3n) is 4.30. The monoisotopic (exact) mass is 496 g/mol. The summed E-state index contributed by atoms with van der Waals surface area (Å²) in [5.74, 6) is -0.00770. The number of hydrogen-bond acceptors (Lipinski definition) is 6. The second-order valence-corrected chi connectivity index (χ2v) is 10.0. The fourth-order valence-corrected chi connectivity index (χ4v) is 5.10. The van der Waals surface area contributed by atoms with E-state index in [0.29, 0.717) is 32.1 Å². The predicted molar refractivity (Wildman–Crippen MR) is 124 cm³/mol. The summed E-state index contributed by atoms with van der Waals surface area (Å²) in [7, 11) is -2.66. The van der Waals surface area contributed by atoms with Crippen LogP contribution in [0.2, 0.25) is 10.0 Å². The Balaban J connectivity index is 1.71. The van der Waals surface area contributed by atoms with Gasteiger partial charge in [-0.3, -0.25) is 4.72 Å². The second-order valence-electron chi connectivity index (χ2n) is 6.48. The molecule has 6 nitrogen and oxygen atoms in total. The van der Waals surface area contributed by atoms with E-state index >= 15 is 0 Å². The lowest BCUT2D eigenvalue weighted by molar-refractivity contribution is 0.0599. The van der Waals surface area contributed by atoms with E-state index in [4.69, 9.17) is 27.9 Å². The molecule has 3 rings (SSSR count). The van der Waals surface area contributed by atoms with E-state index in [2.05, 4.69) is 9.71 Å². The molecule has 2 aromatic carbocycles. The van der Waals surface area contributed by atoms with Gasteiger partial charge in [-0.2, -0.15) is 0 Å². The van der Waals surface area contributed by atoms with Crippen molar-refractivity contribution in [1.82, 2.24) is 4.98 Å². The zero-order valence-corrected chi connectivity index (χ0v) is 19.7. The van der Waals surface area contributed by atoms with Crippen molar-refractivity contribution >= 4 is 56.6 Å². The highest BCUT2D eigenvalue weighted by Crippen LogP contribution is 2.28. The minimum atomic E-state index is -3.91. The van der Waals surface area contributed by atoms with Gasteiger partial charge in [-0.05, 0) is 54.4 Å². The van der Waals surface area contributed by atoms with Crippen LogP contribution in [-0.4, -0.2) is 26.5 Å². The van der Waals surface area contributed by atoms with Crippen molar-refractivity contribution in [1.29, 1.82) is 0 Å². The third kappa shape index (κ3) is 5.92. The number of nitrogens with one attached hydrogen (secondary N) is 1. The minimum absolute atomic E-state index is 0.0469. The maximum Gasteiger partial charge on any atom is 0.338 e. The normalized spacial score (nSPS) is 11.2. The molecule has 0 saturated carbocycles. The van der Waals surface area contributed by atoms with E-state index in [1.807, 2.05) is 6.07 Å². The maximum atomic E-state index is 12.7. The van der Waals surface area contributed by atoms with E-state index < -0.39 is 16.0 Å². The van der Waals surface area contributed by atoms with E-state index in [-0.39, 0.29) is 10.5 Å². The average Bonchev–Trinajstić information content (AvgIpc) is 2.73. The smallest absolute Gasteiger partial charge is 0.338 e. The SMILES string of the molecule is COC(=O)c1cc(S(=O)(=O)Nc2ccc(SCc3ccc(Cl)cc3Cl)nc2)ccc1C. The molecule has 1 N–H and O–H groups in total. The standard InChI is InChI=1S/C21H18Cl2N2O4S2/c1-13-3-7-17(10-18(13)21(26)29-2)31(27,28)25-16-6-8-20(24-11-16)30-12-14-4-5-15(22)9-19(14)23/h3-11,25H,12H2,1-2H3. The molecule has 0 bridgehead atoms. The van der Waals surface area contributed by atoms with Crippen LogP contribution in [0.4, 0.5) is 5.69 Å². The van der Waals surface area contributed by atoms with Gasteiger partial charge in [0.25, 0.3) is 10.0 Å². The number of rotatable bonds is 7. The lowest BCUT2D eigenvalue weighted by Crippen LogP contribution is -2.14. The molecule has 10 heteroatoms. The molecule has 0 atom stereocenters. The van der Waals surface area contributed by atoms with Gasteiger partial charge in [0, 0.05) is 15.8 Å². The zero-order valence-electron chi connectivity index (χ0n) is 16.6. The molecule has 162 valence electrons. The number of aromatic nitrogens is 1. The van der Waals surface area contributed by atoms with Crippen molar-refractivity contribution in [2.24, 2.45) is 0 Å². The van der Waals surface area contributed by atoms with Crippen LogP contribution in [0, 0.1) is 6.92 Å². The van der Waals surface area contributed by atoms with Crippen LogP contribution in [0.25, 0.3) is 0 Å². The number of aryl methyl sites for hydroxylation is 1. The molecule has 3 aromatic rings. The van der Waals surface area contributed by atoms with E-state index in [1.54, 1.807) is 37.3 Å². The zero-order chi connectivity index (χ0) is 22.6. The molecular weight excluding hydrogens is 479 g/mol. The van der Waals surface area contributed by atoms with E-state index in [9.17, 15) is 13.2 Å². The summed E-state index contributed by atoms with van der Waals surface area (Å²) in [6.07, 6.45) is 1.43. The summed E-state index contributed by atoms with van der Waals surface area (Å²) in [6.45, 7) is 1.70. The molecule has 0 aliphatic rings. The van der Waals surface area contributed by atoms with E-state index in [1.165, 1.54) is 37.2 Å². The quantitative estimate of drug-likeness (QED) is 0.339. The number of nitrogens with zero attached hydrogens (tertiary/aromatic N) is 1. The van der Waals surface area contributed by atoms with E-state index in [0.717, 1.165) is 5.56 Å². The van der Waals surface area contributed by atoms with Gasteiger partial charge in [0.2, 0.25) is 0 Å². The number of benzene rings is 2. The Labute approximate surface area is 195 Å². The highest BCUT2D eigenvalue weighted by molar-refractivity contribution is 7.98. The van der Waals surface area contributed by atoms with Crippen molar-refractivity contribution in [3.05, 3.63) is 81.5 Å². The number of methoxy groups -OCH3 is 1. The number of anilines is 1. The molecule has 0 radical (unpaired) electrons. The van der Waals surface area contributed by atoms with Crippen LogP contribution in [0.15, 0.2) is 64.6 Å². The lowest BCUT2D eigenvalue weighted by atomic mass is 10.1. The second kappa shape index (κ2) is 9.91. The summed E-state index contributed by atoms with van der Waals surface area (Å²) in [6, 6.07) is 12.9. The summed E-state index contributed by atoms with van der Waals surface area (Å²) in [5.41, 5.74) is 2.03. The lowest BCUT2D eigenvalue weighted by Gasteiger charge is -2.11. The number of hydrogen-bond donors (Lipinski definition) is 1. The van der Waals surface area contributed by atoms with Crippen LogP contribution in [-0.2, 0) is 20.5 Å². The Hall–Kier alpha value is -2.26. The molecule has 0 amide bonds. The van der Waals surface area contributed by atoms with Gasteiger partial charge in [-0.25, -0.2) is 18.2 Å². The number of ether oxygens (including phenoxy) is 1. The molecule has 0 saturated heterocycles. The summed E-state index contributed by atoms with van der Waals surface area (Å²) < 4.78 is 32.6. The Morgan fingerprint density at radius 2 is 1.90 bits per heavy atom. The average molecular weight is 497 g/mol. The van der Waals surface area contributed by atoms with Crippen molar-refractivity contribution in [3.8, 4) is 0 Å². The first-order chi connectivity index (χ1) is 14.7. The molecule has 0 aliphatic carbocycles. The van der Waals surface area contributed by atoms with Crippen molar-refractivity contribution in [2.45, 2.75) is 22.6 Å². The molecule has 31 heavy (non-hydrogen) atoms. The van der Waals surface area contributed by atoms with Crippen molar-refractivity contribution < 1.29 is 17.9 Å². The molecular formula is C21H18Cl2N2O4S2. The molecule has 0 fully saturated rings. The van der Waals surface area contributed by atoms with Gasteiger partial charge in [0.15, 0.2) is 0 Å². The Kier molecular flexibility index (Phi) is 7.48. The molecule has 0 spiro atoms. The Bertz CT molecular complexity index is 1220. The highest BCUT2D eigenvalue weighted by atomic mass is 35.5. The minimum Gasteiger partial charge on any atom is -0.465 e. The number of halogens is 2. The van der Waals surface area contributed by atoms with Gasteiger partial charge < -0.3 is 4.74 Å². The largest absolute Gasteiger partial charge is 0.465 e. The summed E-state index contributed by atoms with van der Waals surface area (Å²) in [5, 5.41) is 1.85. The number of pyridine rings is 1. The number of sulfonamides is 1. The fourth-order valence-electron chi connectivity index (χ4n) is 2.63. The number of carbonyl (C=O) groups is 1. The third-order valence-corrected chi connectivity index (χ3v) is 7.26. The first kappa shape index (κ1) is 23.4. The van der Waals surface area contributed by atoms with Gasteiger partial charge in [0.05, 0.1) is 34.5 Å². The first-order valence-electron chi connectivity index (χ1n) is 8.94. The van der Waals surface area contributed by atoms with Crippen molar-refractivity contribution in [3.63, 3.8) is 0 Å².